The van der Waals surface area contributed by atoms with Gasteiger partial charge in [-0.05, 0) is 12.1 Å². The number of nitrogens with one attached hydrogen (secondary N) is 1. The summed E-state index contributed by atoms with van der Waals surface area (Å²) in [6.07, 6.45) is -1.32. The molecule has 0 fully saturated rings. The molecular formula is C11H11FN2O4. The number of nitrogens with zero attached hydrogens (tertiary/aromatic N) is 1. The highest BCUT2D eigenvalue weighted by Gasteiger charge is 2.16. The fourth-order valence-electron chi connectivity index (χ4n) is 1.38. The molecule has 0 aliphatic heterocycles. The Morgan fingerprint density at radius 2 is 2.44 bits per heavy atom. The van der Waals surface area contributed by atoms with E-state index in [1.165, 1.54) is 25.3 Å². The van der Waals surface area contributed by atoms with Crippen molar-refractivity contribution < 1.29 is 23.4 Å². The Morgan fingerprint density at radius 1 is 1.67 bits per heavy atom. The van der Waals surface area contributed by atoms with Gasteiger partial charge in [0.2, 0.25) is 0 Å². The van der Waals surface area contributed by atoms with Gasteiger partial charge in [-0.3, -0.25) is 0 Å². The predicted molar refractivity (Wildman–Crippen MR) is 60.5 cm³/mol. The van der Waals surface area contributed by atoms with E-state index in [1.54, 1.807) is 0 Å². The number of fused-ring (bicyclic) bond motifs is 1. The molecule has 0 radical (unpaired) electrons. The van der Waals surface area contributed by atoms with Crippen LogP contribution in [0, 0.1) is 5.82 Å². The molecule has 2 aromatic rings. The second kappa shape index (κ2) is 5.01. The molecule has 7 heteroatoms. The van der Waals surface area contributed by atoms with Crippen LogP contribution in [-0.4, -0.2) is 35.8 Å². The number of rotatable bonds is 4. The van der Waals surface area contributed by atoms with Gasteiger partial charge in [-0.15, -0.1) is 0 Å². The van der Waals surface area contributed by atoms with Crippen molar-refractivity contribution in [3.05, 3.63) is 24.0 Å². The summed E-state index contributed by atoms with van der Waals surface area (Å²) in [6, 6.07) is 4.01. The van der Waals surface area contributed by atoms with Crippen LogP contribution in [0.5, 0.6) is 0 Å². The van der Waals surface area contributed by atoms with Crippen molar-refractivity contribution in [1.29, 1.82) is 0 Å². The van der Waals surface area contributed by atoms with E-state index < -0.39 is 17.9 Å². The maximum atomic E-state index is 12.9. The number of anilines is 1. The van der Waals surface area contributed by atoms with Crippen LogP contribution in [-0.2, 0) is 9.53 Å². The van der Waals surface area contributed by atoms with Gasteiger partial charge in [0.1, 0.15) is 11.3 Å². The molecule has 96 valence electrons. The third-order valence-corrected chi connectivity index (χ3v) is 2.27. The SMILES string of the molecule is COC(=O)[C@H](O)CNc1nc2cc(F)ccc2o1. The fourth-order valence-corrected chi connectivity index (χ4v) is 1.38. The number of carbonyl (C=O) groups excluding carboxylic acids is 1. The molecule has 0 unspecified atom stereocenters. The minimum atomic E-state index is -1.32. The first-order valence-corrected chi connectivity index (χ1v) is 5.16. The van der Waals surface area contributed by atoms with Gasteiger partial charge >= 0.3 is 5.97 Å². The van der Waals surface area contributed by atoms with Crippen LogP contribution in [0.15, 0.2) is 22.6 Å². The molecule has 0 aliphatic carbocycles. The van der Waals surface area contributed by atoms with Gasteiger partial charge in [0, 0.05) is 6.07 Å². The number of aliphatic hydroxyl groups excluding tert-OH is 1. The number of benzene rings is 1. The molecule has 0 bridgehead atoms. The zero-order chi connectivity index (χ0) is 13.1. The molecule has 18 heavy (non-hydrogen) atoms. The van der Waals surface area contributed by atoms with Gasteiger partial charge in [-0.1, -0.05) is 0 Å². The van der Waals surface area contributed by atoms with Crippen molar-refractivity contribution in [3.8, 4) is 0 Å². The largest absolute Gasteiger partial charge is 0.467 e. The zero-order valence-electron chi connectivity index (χ0n) is 9.51. The number of ether oxygens (including phenoxy) is 1. The number of esters is 1. The van der Waals surface area contributed by atoms with Crippen LogP contribution in [0.4, 0.5) is 10.4 Å². The summed E-state index contributed by atoms with van der Waals surface area (Å²) in [5, 5.41) is 11.9. The molecule has 2 N–H and O–H groups in total. The van der Waals surface area contributed by atoms with Crippen molar-refractivity contribution in [3.63, 3.8) is 0 Å². The summed E-state index contributed by atoms with van der Waals surface area (Å²) in [4.78, 5) is 14.9. The first kappa shape index (κ1) is 12.3. The van der Waals surface area contributed by atoms with E-state index in [4.69, 9.17) is 4.42 Å². The second-order valence-electron chi connectivity index (χ2n) is 3.55. The lowest BCUT2D eigenvalue weighted by Gasteiger charge is -2.07. The van der Waals surface area contributed by atoms with Crippen LogP contribution in [0.2, 0.25) is 0 Å². The lowest BCUT2D eigenvalue weighted by molar-refractivity contribution is -0.149. The standard InChI is InChI=1S/C11H11FN2O4/c1-17-10(16)8(15)5-13-11-14-7-4-6(12)2-3-9(7)18-11/h2-4,8,15H,5H2,1H3,(H,13,14)/t8-/m1/s1. The van der Waals surface area contributed by atoms with Crippen molar-refractivity contribution in [2.75, 3.05) is 19.0 Å². The minimum absolute atomic E-state index is 0.0959. The van der Waals surface area contributed by atoms with Crippen molar-refractivity contribution >= 4 is 23.1 Å². The lowest BCUT2D eigenvalue weighted by Crippen LogP contribution is -2.29. The summed E-state index contributed by atoms with van der Waals surface area (Å²) < 4.78 is 22.5. The highest BCUT2D eigenvalue weighted by Crippen LogP contribution is 2.19. The summed E-state index contributed by atoms with van der Waals surface area (Å²) in [6.45, 7) is -0.109. The number of halogens is 1. The Hall–Kier alpha value is -2.15. The van der Waals surface area contributed by atoms with Gasteiger partial charge in [0.25, 0.3) is 6.01 Å². The average molecular weight is 254 g/mol. The number of hydrogen-bond donors (Lipinski definition) is 2. The van der Waals surface area contributed by atoms with Crippen LogP contribution in [0.25, 0.3) is 11.1 Å². The maximum Gasteiger partial charge on any atom is 0.336 e. The van der Waals surface area contributed by atoms with E-state index in [0.717, 1.165) is 0 Å². The maximum absolute atomic E-state index is 12.9. The third-order valence-electron chi connectivity index (χ3n) is 2.27. The Kier molecular flexibility index (Phi) is 3.42. The number of aromatic nitrogens is 1. The molecular weight excluding hydrogens is 243 g/mol. The first-order chi connectivity index (χ1) is 8.60. The number of aliphatic hydroxyl groups is 1. The summed E-state index contributed by atoms with van der Waals surface area (Å²) in [5.74, 6) is -1.18. The van der Waals surface area contributed by atoms with Crippen LogP contribution in [0.1, 0.15) is 0 Å². The van der Waals surface area contributed by atoms with Gasteiger partial charge in [0.05, 0.1) is 13.7 Å². The minimum Gasteiger partial charge on any atom is -0.467 e. The third kappa shape index (κ3) is 2.57. The number of oxazole rings is 1. The molecule has 2 rings (SSSR count). The van der Waals surface area contributed by atoms with Gasteiger partial charge in [-0.25, -0.2) is 9.18 Å². The molecule has 1 aromatic carbocycles. The van der Waals surface area contributed by atoms with E-state index >= 15 is 0 Å². The smallest absolute Gasteiger partial charge is 0.336 e. The summed E-state index contributed by atoms with van der Waals surface area (Å²) in [7, 11) is 1.17. The van der Waals surface area contributed by atoms with Gasteiger partial charge in [0.15, 0.2) is 11.7 Å². The highest BCUT2D eigenvalue weighted by molar-refractivity contribution is 5.76. The fraction of sp³-hybridized carbons (Fsp3) is 0.273. The molecule has 0 aliphatic rings. The van der Waals surface area contributed by atoms with Crippen molar-refractivity contribution in [2.45, 2.75) is 6.10 Å². The molecule has 1 aromatic heterocycles. The molecule has 6 nitrogen and oxygen atoms in total. The van der Waals surface area contributed by atoms with Crippen molar-refractivity contribution in [2.24, 2.45) is 0 Å². The normalized spacial score (nSPS) is 12.4. The Balaban J connectivity index is 2.06. The number of methoxy groups -OCH3 is 1. The monoisotopic (exact) mass is 254 g/mol. The molecule has 0 spiro atoms. The Morgan fingerprint density at radius 3 is 3.17 bits per heavy atom. The van der Waals surface area contributed by atoms with Crippen LogP contribution < -0.4 is 5.32 Å². The van der Waals surface area contributed by atoms with E-state index in [2.05, 4.69) is 15.0 Å². The molecule has 0 saturated heterocycles. The molecule has 1 heterocycles. The highest BCUT2D eigenvalue weighted by atomic mass is 19.1. The zero-order valence-corrected chi connectivity index (χ0v) is 9.51. The predicted octanol–water partition coefficient (Wildman–Crippen LogP) is 0.913. The van der Waals surface area contributed by atoms with E-state index in [0.29, 0.717) is 11.1 Å². The average Bonchev–Trinajstić information content (AvgIpc) is 2.76. The number of hydrogen-bond acceptors (Lipinski definition) is 6. The van der Waals surface area contributed by atoms with Crippen LogP contribution in [0.3, 0.4) is 0 Å². The second-order valence-corrected chi connectivity index (χ2v) is 3.55. The van der Waals surface area contributed by atoms with Crippen LogP contribution >= 0.6 is 0 Å². The molecule has 0 amide bonds. The summed E-state index contributed by atoms with van der Waals surface area (Å²) in [5.41, 5.74) is 0.761. The Labute approximate surface area is 101 Å². The topological polar surface area (TPSA) is 84.6 Å². The summed E-state index contributed by atoms with van der Waals surface area (Å²) >= 11 is 0. The quantitative estimate of drug-likeness (QED) is 0.789. The van der Waals surface area contributed by atoms with E-state index in [-0.39, 0.29) is 12.6 Å². The van der Waals surface area contributed by atoms with E-state index in [9.17, 15) is 14.3 Å². The lowest BCUT2D eigenvalue weighted by atomic mass is 10.3. The Bertz CT molecular complexity index is 569. The van der Waals surface area contributed by atoms with Gasteiger partial charge in [-0.2, -0.15) is 4.98 Å². The first-order valence-electron chi connectivity index (χ1n) is 5.16. The van der Waals surface area contributed by atoms with Crippen molar-refractivity contribution in [1.82, 2.24) is 4.98 Å². The molecule has 0 saturated carbocycles. The van der Waals surface area contributed by atoms with E-state index in [1.807, 2.05) is 0 Å². The molecule has 1 atom stereocenters. The number of carbonyl (C=O) groups is 1. The van der Waals surface area contributed by atoms with Gasteiger partial charge < -0.3 is 19.6 Å².